The molecule has 0 bridgehead atoms. The standard InChI is InChI=1S/C12H16BrN3O3/c1-8(2)15-12(17)7-14-6-9-3-4-10(16(18)19)5-11(9)13/h3-5,8,14H,6-7H2,1-2H3,(H,15,17). The van der Waals surface area contributed by atoms with Crippen LogP contribution in [0.15, 0.2) is 22.7 Å². The van der Waals surface area contributed by atoms with Crippen molar-refractivity contribution in [3.63, 3.8) is 0 Å². The second-order valence-electron chi connectivity index (χ2n) is 4.36. The van der Waals surface area contributed by atoms with Crippen LogP contribution in [0.2, 0.25) is 0 Å². The Balaban J connectivity index is 2.50. The zero-order valence-electron chi connectivity index (χ0n) is 10.8. The maximum atomic E-state index is 11.4. The predicted octanol–water partition coefficient (Wildman–Crippen LogP) is 1.97. The van der Waals surface area contributed by atoms with Gasteiger partial charge in [0.25, 0.3) is 5.69 Å². The van der Waals surface area contributed by atoms with Crippen molar-refractivity contribution in [3.8, 4) is 0 Å². The lowest BCUT2D eigenvalue weighted by atomic mass is 10.2. The van der Waals surface area contributed by atoms with Crippen LogP contribution in [0.3, 0.4) is 0 Å². The summed E-state index contributed by atoms with van der Waals surface area (Å²) in [5.41, 5.74) is 0.899. The monoisotopic (exact) mass is 329 g/mol. The van der Waals surface area contributed by atoms with Gasteiger partial charge in [-0.2, -0.15) is 0 Å². The number of nitrogens with zero attached hydrogens (tertiary/aromatic N) is 1. The molecule has 0 radical (unpaired) electrons. The van der Waals surface area contributed by atoms with E-state index in [1.54, 1.807) is 6.07 Å². The van der Waals surface area contributed by atoms with Crippen molar-refractivity contribution in [2.45, 2.75) is 26.4 Å². The van der Waals surface area contributed by atoms with Crippen molar-refractivity contribution in [3.05, 3.63) is 38.3 Å². The number of nitro groups is 1. The van der Waals surface area contributed by atoms with Gasteiger partial charge >= 0.3 is 0 Å². The Morgan fingerprint density at radius 2 is 2.16 bits per heavy atom. The van der Waals surface area contributed by atoms with Crippen molar-refractivity contribution < 1.29 is 9.72 Å². The van der Waals surface area contributed by atoms with E-state index < -0.39 is 4.92 Å². The lowest BCUT2D eigenvalue weighted by Crippen LogP contribution is -2.37. The summed E-state index contributed by atoms with van der Waals surface area (Å²) in [4.78, 5) is 21.5. The molecule has 0 atom stereocenters. The Kier molecular flexibility index (Phi) is 5.91. The summed E-state index contributed by atoms with van der Waals surface area (Å²) in [6.07, 6.45) is 0. The summed E-state index contributed by atoms with van der Waals surface area (Å²) < 4.78 is 0.651. The number of nitro benzene ring substituents is 1. The van der Waals surface area contributed by atoms with E-state index in [-0.39, 0.29) is 24.2 Å². The van der Waals surface area contributed by atoms with Crippen LogP contribution in [0.1, 0.15) is 19.4 Å². The number of non-ortho nitro benzene ring substituents is 1. The maximum Gasteiger partial charge on any atom is 0.270 e. The number of hydrogen-bond acceptors (Lipinski definition) is 4. The third kappa shape index (κ3) is 5.35. The highest BCUT2D eigenvalue weighted by Crippen LogP contribution is 2.22. The summed E-state index contributed by atoms with van der Waals surface area (Å²) in [6, 6.07) is 4.66. The molecule has 0 fully saturated rings. The molecule has 1 rings (SSSR count). The van der Waals surface area contributed by atoms with E-state index >= 15 is 0 Å². The molecule has 1 aromatic carbocycles. The van der Waals surface area contributed by atoms with Crippen molar-refractivity contribution in [2.75, 3.05) is 6.54 Å². The molecule has 0 saturated carbocycles. The summed E-state index contributed by atoms with van der Waals surface area (Å²) in [6.45, 7) is 4.46. The third-order valence-electron chi connectivity index (χ3n) is 2.30. The minimum atomic E-state index is -0.446. The van der Waals surface area contributed by atoms with E-state index in [9.17, 15) is 14.9 Å². The van der Waals surface area contributed by atoms with Crippen molar-refractivity contribution in [1.29, 1.82) is 0 Å². The topological polar surface area (TPSA) is 84.3 Å². The van der Waals surface area contributed by atoms with E-state index in [1.165, 1.54) is 12.1 Å². The van der Waals surface area contributed by atoms with E-state index in [4.69, 9.17) is 0 Å². The average Bonchev–Trinajstić information content (AvgIpc) is 2.29. The molecule has 19 heavy (non-hydrogen) atoms. The van der Waals surface area contributed by atoms with Gasteiger partial charge in [0.15, 0.2) is 0 Å². The van der Waals surface area contributed by atoms with Crippen molar-refractivity contribution in [1.82, 2.24) is 10.6 Å². The smallest absolute Gasteiger partial charge is 0.270 e. The van der Waals surface area contributed by atoms with Crippen LogP contribution in [0.4, 0.5) is 5.69 Å². The molecule has 2 N–H and O–H groups in total. The first-order valence-corrected chi connectivity index (χ1v) is 6.62. The molecular weight excluding hydrogens is 314 g/mol. The molecule has 0 heterocycles. The van der Waals surface area contributed by atoms with Gasteiger partial charge in [0, 0.05) is 29.2 Å². The van der Waals surface area contributed by atoms with Crippen LogP contribution in [0.5, 0.6) is 0 Å². The van der Waals surface area contributed by atoms with Crippen LogP contribution in [0.25, 0.3) is 0 Å². The number of rotatable bonds is 6. The number of carbonyl (C=O) groups is 1. The maximum absolute atomic E-state index is 11.4. The number of halogens is 1. The summed E-state index contributed by atoms with van der Waals surface area (Å²) >= 11 is 3.28. The van der Waals surface area contributed by atoms with E-state index in [1.807, 2.05) is 13.8 Å². The first kappa shape index (κ1) is 15.6. The zero-order chi connectivity index (χ0) is 14.4. The molecular formula is C12H16BrN3O3. The van der Waals surface area contributed by atoms with Gasteiger partial charge in [0.1, 0.15) is 0 Å². The van der Waals surface area contributed by atoms with Crippen LogP contribution in [0, 0.1) is 10.1 Å². The van der Waals surface area contributed by atoms with Crippen LogP contribution < -0.4 is 10.6 Å². The molecule has 7 heteroatoms. The number of amides is 1. The molecule has 1 amide bonds. The first-order valence-electron chi connectivity index (χ1n) is 5.83. The molecule has 0 aliphatic carbocycles. The average molecular weight is 330 g/mol. The third-order valence-corrected chi connectivity index (χ3v) is 3.04. The van der Waals surface area contributed by atoms with Gasteiger partial charge in [0.05, 0.1) is 11.5 Å². The largest absolute Gasteiger partial charge is 0.353 e. The SMILES string of the molecule is CC(C)NC(=O)CNCc1ccc([N+](=O)[O-])cc1Br. The Bertz CT molecular complexity index is 477. The minimum absolute atomic E-state index is 0.0353. The summed E-state index contributed by atoms with van der Waals surface area (Å²) in [5, 5.41) is 16.3. The van der Waals surface area contributed by atoms with Gasteiger partial charge in [-0.1, -0.05) is 15.9 Å². The van der Waals surface area contributed by atoms with Gasteiger partial charge < -0.3 is 10.6 Å². The van der Waals surface area contributed by atoms with Crippen LogP contribution >= 0.6 is 15.9 Å². The van der Waals surface area contributed by atoms with Crippen molar-refractivity contribution >= 4 is 27.5 Å². The Labute approximate surface area is 119 Å². The molecule has 1 aromatic rings. The van der Waals surface area contributed by atoms with Gasteiger partial charge in [-0.3, -0.25) is 14.9 Å². The lowest BCUT2D eigenvalue weighted by molar-refractivity contribution is -0.384. The van der Waals surface area contributed by atoms with Gasteiger partial charge in [0.2, 0.25) is 5.91 Å². The van der Waals surface area contributed by atoms with E-state index in [2.05, 4.69) is 26.6 Å². The highest BCUT2D eigenvalue weighted by molar-refractivity contribution is 9.10. The molecule has 0 aliphatic heterocycles. The van der Waals surface area contributed by atoms with Gasteiger partial charge in [-0.05, 0) is 25.5 Å². The first-order chi connectivity index (χ1) is 8.90. The number of hydrogen-bond donors (Lipinski definition) is 2. The highest BCUT2D eigenvalue weighted by Gasteiger charge is 2.09. The molecule has 0 aromatic heterocycles. The van der Waals surface area contributed by atoms with E-state index in [0.717, 1.165) is 5.56 Å². The second-order valence-corrected chi connectivity index (χ2v) is 5.21. The number of nitrogens with one attached hydrogen (secondary N) is 2. The predicted molar refractivity (Wildman–Crippen MR) is 75.8 cm³/mol. The number of carbonyl (C=O) groups excluding carboxylic acids is 1. The fraction of sp³-hybridized carbons (Fsp3) is 0.417. The molecule has 0 aliphatic rings. The normalized spacial score (nSPS) is 10.5. The second kappa shape index (κ2) is 7.20. The summed E-state index contributed by atoms with van der Waals surface area (Å²) in [5.74, 6) is -0.0759. The zero-order valence-corrected chi connectivity index (χ0v) is 12.4. The van der Waals surface area contributed by atoms with Crippen LogP contribution in [-0.2, 0) is 11.3 Å². The van der Waals surface area contributed by atoms with Gasteiger partial charge in [-0.25, -0.2) is 0 Å². The van der Waals surface area contributed by atoms with Crippen molar-refractivity contribution in [2.24, 2.45) is 0 Å². The summed E-state index contributed by atoms with van der Waals surface area (Å²) in [7, 11) is 0. The highest BCUT2D eigenvalue weighted by atomic mass is 79.9. The lowest BCUT2D eigenvalue weighted by Gasteiger charge is -2.10. The Hall–Kier alpha value is -1.47. The quantitative estimate of drug-likeness (QED) is 0.617. The molecule has 0 saturated heterocycles. The molecule has 104 valence electrons. The van der Waals surface area contributed by atoms with E-state index in [0.29, 0.717) is 11.0 Å². The molecule has 6 nitrogen and oxygen atoms in total. The Morgan fingerprint density at radius 1 is 1.47 bits per heavy atom. The molecule has 0 spiro atoms. The van der Waals surface area contributed by atoms with Crippen LogP contribution in [-0.4, -0.2) is 23.4 Å². The Morgan fingerprint density at radius 3 is 2.68 bits per heavy atom. The fourth-order valence-electron chi connectivity index (χ4n) is 1.48. The molecule has 0 unspecified atom stereocenters. The fourth-order valence-corrected chi connectivity index (χ4v) is 1.98. The van der Waals surface area contributed by atoms with Gasteiger partial charge in [-0.15, -0.1) is 0 Å². The number of benzene rings is 1. The minimum Gasteiger partial charge on any atom is -0.353 e.